The van der Waals surface area contributed by atoms with Crippen molar-refractivity contribution < 1.29 is 42.9 Å². The molecule has 0 amide bonds. The second kappa shape index (κ2) is 81.7. The van der Waals surface area contributed by atoms with Crippen LogP contribution in [0.25, 0.3) is 0 Å². The first-order valence-electron chi connectivity index (χ1n) is 44.0. The summed E-state index contributed by atoms with van der Waals surface area (Å²) in [4.78, 5) is 37.8. The smallest absolute Gasteiger partial charge is 0.361 e. The zero-order valence-electron chi connectivity index (χ0n) is 67.4. The van der Waals surface area contributed by atoms with Gasteiger partial charge in [0.1, 0.15) is 13.2 Å². The molecule has 0 aromatic rings. The molecule has 100 heavy (non-hydrogen) atoms. The van der Waals surface area contributed by atoms with Gasteiger partial charge in [0.15, 0.2) is 6.10 Å². The third-order valence-corrected chi connectivity index (χ3v) is 20.0. The van der Waals surface area contributed by atoms with Gasteiger partial charge in [-0.3, -0.25) is 9.59 Å². The minimum atomic E-state index is -1.51. The number of carbonyl (C=O) groups excluding carboxylic acids is 2. The summed E-state index contributed by atoms with van der Waals surface area (Å²) in [5.41, 5.74) is 0. The van der Waals surface area contributed by atoms with Gasteiger partial charge < -0.3 is 28.5 Å². The van der Waals surface area contributed by atoms with Crippen LogP contribution in [0.2, 0.25) is 0 Å². The predicted octanol–water partition coefficient (Wildman–Crippen LogP) is 28.5. The number of nitrogens with zero attached hydrogens (tertiary/aromatic N) is 1. The molecule has 0 heterocycles. The first-order chi connectivity index (χ1) is 49.1. The average Bonchev–Trinajstić information content (AvgIpc) is 1.67. The molecule has 0 saturated carbocycles. The second-order valence-electron chi connectivity index (χ2n) is 31.2. The molecule has 0 spiro atoms. The minimum absolute atomic E-state index is 0.176. The number of carboxylic acid groups (broad SMARTS) is 1. The summed E-state index contributed by atoms with van der Waals surface area (Å²) in [5.74, 6) is -1.97. The lowest BCUT2D eigenvalue weighted by Crippen LogP contribution is -2.40. The Labute approximate surface area is 622 Å². The summed E-state index contributed by atoms with van der Waals surface area (Å²) in [6.45, 7) is 4.85. The van der Waals surface area contributed by atoms with Crippen LogP contribution in [0.4, 0.5) is 0 Å². The highest BCUT2D eigenvalue weighted by molar-refractivity contribution is 5.71. The van der Waals surface area contributed by atoms with Gasteiger partial charge in [0.25, 0.3) is 6.29 Å². The summed E-state index contributed by atoms with van der Waals surface area (Å²) in [6.07, 6.45) is 107. The predicted molar refractivity (Wildman–Crippen MR) is 433 cm³/mol. The molecule has 586 valence electrons. The van der Waals surface area contributed by atoms with E-state index in [9.17, 15) is 19.5 Å². The molecule has 1 N–H and O–H groups in total. The largest absolute Gasteiger partial charge is 0.477 e. The van der Waals surface area contributed by atoms with Crippen LogP contribution in [0.5, 0.6) is 0 Å². The van der Waals surface area contributed by atoms with Gasteiger partial charge in [-0.2, -0.15) is 0 Å². The Hall–Kier alpha value is -3.01. The highest BCUT2D eigenvalue weighted by atomic mass is 16.7. The maximum atomic E-state index is 13.0. The maximum Gasteiger partial charge on any atom is 0.361 e. The third-order valence-electron chi connectivity index (χ3n) is 20.0. The topological polar surface area (TPSA) is 108 Å². The van der Waals surface area contributed by atoms with Crippen molar-refractivity contribution in [3.63, 3.8) is 0 Å². The van der Waals surface area contributed by atoms with Gasteiger partial charge in [-0.05, 0) is 57.8 Å². The van der Waals surface area contributed by atoms with Crippen LogP contribution in [-0.4, -0.2) is 87.4 Å². The molecular formula is C91H170NO8+. The molecule has 0 rings (SSSR count). The monoisotopic (exact) mass is 1410 g/mol. The quantitative estimate of drug-likeness (QED) is 0.0211. The Morgan fingerprint density at radius 3 is 0.850 bits per heavy atom. The van der Waals surface area contributed by atoms with Gasteiger partial charge in [0.05, 0.1) is 34.4 Å². The molecule has 0 aromatic carbocycles. The van der Waals surface area contributed by atoms with Gasteiger partial charge >= 0.3 is 17.9 Å². The first-order valence-corrected chi connectivity index (χ1v) is 44.0. The first kappa shape index (κ1) is 97.0. The van der Waals surface area contributed by atoms with E-state index in [0.29, 0.717) is 17.4 Å². The van der Waals surface area contributed by atoms with Gasteiger partial charge in [-0.1, -0.05) is 434 Å². The van der Waals surface area contributed by atoms with Crippen molar-refractivity contribution in [3.8, 4) is 0 Å². The van der Waals surface area contributed by atoms with Crippen LogP contribution in [0.1, 0.15) is 444 Å². The average molecular weight is 1410 g/mol. The van der Waals surface area contributed by atoms with Crippen molar-refractivity contribution in [2.24, 2.45) is 0 Å². The third kappa shape index (κ3) is 82.3. The number of carbonyl (C=O) groups is 3. The molecule has 0 aromatic heterocycles. The Kier molecular flexibility index (Phi) is 79.2. The highest BCUT2D eigenvalue weighted by Gasteiger charge is 2.25. The van der Waals surface area contributed by atoms with Crippen molar-refractivity contribution in [2.75, 3.05) is 47.5 Å². The fraction of sp³-hybridized carbons (Fsp3) is 0.857. The molecule has 0 fully saturated rings. The van der Waals surface area contributed by atoms with Crippen LogP contribution in [0.3, 0.4) is 0 Å². The zero-order chi connectivity index (χ0) is 72.5. The fourth-order valence-electron chi connectivity index (χ4n) is 13.4. The molecule has 2 atom stereocenters. The standard InChI is InChI=1S/C91H169NO8/c1-6-8-10-12-14-16-18-20-22-24-26-28-30-32-34-36-38-40-42-43-44-45-46-48-49-51-53-55-57-59-61-63-65-67-69-71-73-75-77-79-81-88(93)98-85-87(86-99-91(90(95)96)97-84-83-92(3,4)5)100-89(94)82-80-78-76-74-72-70-68-66-64-62-60-58-56-54-52-50-47-41-39-37-35-33-31-29-27-25-23-21-19-17-15-13-11-9-7-2/h9,11,15,17,21,23,27,29,33,35,87,91H,6-8,10,12-14,16,18-20,22,24-26,28,30-32,34,36-86H2,1-5H3/p+1/b11-9-,17-15-,23-21-,29-27-,35-33-. The second-order valence-corrected chi connectivity index (χ2v) is 31.2. The van der Waals surface area contributed by atoms with E-state index in [1.165, 1.54) is 347 Å². The summed E-state index contributed by atoms with van der Waals surface area (Å²) in [5, 5.41) is 9.79. The summed E-state index contributed by atoms with van der Waals surface area (Å²) < 4.78 is 23.1. The number of quaternary nitrogens is 1. The van der Waals surface area contributed by atoms with Crippen LogP contribution in [0, 0.1) is 0 Å². The number of likely N-dealkylation sites (N-methyl/N-ethyl adjacent to an activating group) is 1. The SMILES string of the molecule is CC/C=C\C/C=C\C/C=C\C/C=C\C/C=C\CCCCCCCCCCCCCCCCCCCCCC(=O)OC(COC(=O)CCCCCCCCCCCCCCCCCCCCCCCCCCCCCCCCCCCCCCCCCC)COC(OCC[N+](C)(C)C)C(=O)O. The number of esters is 2. The summed E-state index contributed by atoms with van der Waals surface area (Å²) in [7, 11) is 6.00. The van der Waals surface area contributed by atoms with Gasteiger partial charge in [-0.25, -0.2) is 4.79 Å². The number of carboxylic acids is 1. The fourth-order valence-corrected chi connectivity index (χ4v) is 13.4. The van der Waals surface area contributed by atoms with Crippen LogP contribution in [-0.2, 0) is 33.3 Å². The molecule has 0 radical (unpaired) electrons. The number of allylic oxidation sites excluding steroid dienone is 10. The molecule has 0 bridgehead atoms. The molecule has 9 nitrogen and oxygen atoms in total. The Morgan fingerprint density at radius 2 is 0.570 bits per heavy atom. The molecule has 2 unspecified atom stereocenters. The van der Waals surface area contributed by atoms with Crippen molar-refractivity contribution in [1.82, 2.24) is 0 Å². The van der Waals surface area contributed by atoms with Crippen molar-refractivity contribution >= 4 is 17.9 Å². The zero-order valence-corrected chi connectivity index (χ0v) is 67.4. The lowest BCUT2D eigenvalue weighted by atomic mass is 10.0. The van der Waals surface area contributed by atoms with Crippen LogP contribution >= 0.6 is 0 Å². The van der Waals surface area contributed by atoms with E-state index in [4.69, 9.17) is 18.9 Å². The van der Waals surface area contributed by atoms with E-state index in [-0.39, 0.29) is 38.2 Å². The highest BCUT2D eigenvalue weighted by Crippen LogP contribution is 2.21. The Balaban J connectivity index is 3.91. The van der Waals surface area contributed by atoms with Crippen LogP contribution in [0.15, 0.2) is 60.8 Å². The lowest BCUT2D eigenvalue weighted by Gasteiger charge is -2.25. The van der Waals surface area contributed by atoms with Crippen molar-refractivity contribution in [3.05, 3.63) is 60.8 Å². The maximum absolute atomic E-state index is 13.0. The van der Waals surface area contributed by atoms with Crippen molar-refractivity contribution in [1.29, 1.82) is 0 Å². The number of hydrogen-bond donors (Lipinski definition) is 1. The number of ether oxygens (including phenoxy) is 4. The van der Waals surface area contributed by atoms with Gasteiger partial charge in [0, 0.05) is 12.8 Å². The number of unbranched alkanes of at least 4 members (excludes halogenated alkanes) is 58. The summed E-state index contributed by atoms with van der Waals surface area (Å²) >= 11 is 0. The van der Waals surface area contributed by atoms with E-state index in [1.54, 1.807) is 0 Å². The van der Waals surface area contributed by atoms with Crippen molar-refractivity contribution in [2.45, 2.75) is 456 Å². The minimum Gasteiger partial charge on any atom is -0.477 e. The molecule has 0 aliphatic carbocycles. The van der Waals surface area contributed by atoms with E-state index in [1.807, 2.05) is 21.1 Å². The Bertz CT molecular complexity index is 1830. The molecular weight excluding hydrogens is 1230 g/mol. The van der Waals surface area contributed by atoms with E-state index in [2.05, 4.69) is 74.6 Å². The normalized spacial score (nSPS) is 12.8. The Morgan fingerprint density at radius 1 is 0.310 bits per heavy atom. The van der Waals surface area contributed by atoms with Crippen LogP contribution < -0.4 is 0 Å². The number of aliphatic carboxylic acids is 1. The van der Waals surface area contributed by atoms with Gasteiger partial charge in [-0.15, -0.1) is 0 Å². The van der Waals surface area contributed by atoms with E-state index < -0.39 is 18.4 Å². The summed E-state index contributed by atoms with van der Waals surface area (Å²) in [6, 6.07) is 0. The van der Waals surface area contributed by atoms with E-state index >= 15 is 0 Å². The molecule has 0 aliphatic rings. The molecule has 0 aliphatic heterocycles. The van der Waals surface area contributed by atoms with Gasteiger partial charge in [0.2, 0.25) is 0 Å². The van der Waals surface area contributed by atoms with E-state index in [0.717, 1.165) is 70.6 Å². The number of rotatable bonds is 83. The molecule has 0 saturated heterocycles. The lowest BCUT2D eigenvalue weighted by molar-refractivity contribution is -0.870. The molecule has 9 heteroatoms. The number of hydrogen-bond acceptors (Lipinski definition) is 7.